The maximum Gasteiger partial charge on any atom is 0.194 e. The quantitative estimate of drug-likeness (QED) is 0.524. The highest BCUT2D eigenvalue weighted by molar-refractivity contribution is 5.85. The molecule has 0 amide bonds. The minimum atomic E-state index is 0.108. The molecular formula is C22H22N6O3. The summed E-state index contributed by atoms with van der Waals surface area (Å²) in [4.78, 5) is 19.9. The third-order valence-corrected chi connectivity index (χ3v) is 5.87. The van der Waals surface area contributed by atoms with Crippen molar-refractivity contribution >= 4 is 33.6 Å². The van der Waals surface area contributed by atoms with E-state index < -0.39 is 0 Å². The number of fused-ring (bicyclic) bond motifs is 2. The highest BCUT2D eigenvalue weighted by Crippen LogP contribution is 2.35. The van der Waals surface area contributed by atoms with Gasteiger partial charge in [-0.25, -0.2) is 15.0 Å². The van der Waals surface area contributed by atoms with E-state index in [0.29, 0.717) is 5.58 Å². The lowest BCUT2D eigenvalue weighted by Crippen LogP contribution is -2.42. The Balaban J connectivity index is 1.18. The van der Waals surface area contributed by atoms with Crippen molar-refractivity contribution < 1.29 is 13.9 Å². The van der Waals surface area contributed by atoms with Gasteiger partial charge in [-0.1, -0.05) is 0 Å². The molecule has 6 rings (SSSR count). The second kappa shape index (κ2) is 7.66. The number of nitrogens with zero attached hydrogens (tertiary/aromatic N) is 5. The predicted octanol–water partition coefficient (Wildman–Crippen LogP) is 3.02. The smallest absolute Gasteiger partial charge is 0.194 e. The van der Waals surface area contributed by atoms with Crippen molar-refractivity contribution in [2.45, 2.75) is 25.0 Å². The lowest BCUT2D eigenvalue weighted by atomic mass is 9.89. The van der Waals surface area contributed by atoms with Crippen molar-refractivity contribution in [3.05, 3.63) is 43.2 Å². The molecule has 0 radical (unpaired) electrons. The summed E-state index contributed by atoms with van der Waals surface area (Å²) in [6, 6.07) is 6.27. The van der Waals surface area contributed by atoms with Gasteiger partial charge in [-0.15, -0.1) is 0 Å². The number of furan rings is 1. The molecule has 1 aromatic carbocycles. The Kier molecular flexibility index (Phi) is 4.53. The number of benzene rings is 1. The summed E-state index contributed by atoms with van der Waals surface area (Å²) in [5.74, 6) is 1.51. The van der Waals surface area contributed by atoms with E-state index in [1.54, 1.807) is 25.0 Å². The Labute approximate surface area is 178 Å². The zero-order valence-electron chi connectivity index (χ0n) is 16.9. The number of ether oxygens (including phenoxy) is 2. The van der Waals surface area contributed by atoms with Crippen LogP contribution < -0.4 is 15.0 Å². The monoisotopic (exact) mass is 418 g/mol. The van der Waals surface area contributed by atoms with Gasteiger partial charge in [0.05, 0.1) is 25.0 Å². The molecule has 0 atom stereocenters. The number of hydrogen-bond donors (Lipinski definition) is 1. The van der Waals surface area contributed by atoms with Gasteiger partial charge >= 0.3 is 0 Å². The SMILES string of the molecule is c1cnc2c(O[C@H]3C[C@@H](Nc4ncnc5ccoc45)C3)cc(N3CCOCC3)cc2n1. The van der Waals surface area contributed by atoms with Gasteiger partial charge in [0.25, 0.3) is 0 Å². The lowest BCUT2D eigenvalue weighted by molar-refractivity contribution is 0.109. The summed E-state index contributed by atoms with van der Waals surface area (Å²) >= 11 is 0. The highest BCUT2D eigenvalue weighted by Gasteiger charge is 2.32. The third-order valence-electron chi connectivity index (χ3n) is 5.87. The second-order valence-corrected chi connectivity index (χ2v) is 7.88. The van der Waals surface area contributed by atoms with Crippen LogP contribution in [-0.4, -0.2) is 58.4 Å². The van der Waals surface area contributed by atoms with Crippen molar-refractivity contribution in [2.75, 3.05) is 36.5 Å². The van der Waals surface area contributed by atoms with Crippen LogP contribution in [0.25, 0.3) is 22.1 Å². The molecule has 9 heteroatoms. The molecule has 2 fully saturated rings. The molecule has 0 bridgehead atoms. The zero-order chi connectivity index (χ0) is 20.6. The summed E-state index contributed by atoms with van der Waals surface area (Å²) in [5.41, 5.74) is 4.23. The molecule has 1 saturated heterocycles. The highest BCUT2D eigenvalue weighted by atomic mass is 16.5. The Morgan fingerprint density at radius 1 is 1.00 bits per heavy atom. The number of aromatic nitrogens is 4. The molecule has 4 aromatic rings. The fourth-order valence-corrected chi connectivity index (χ4v) is 4.17. The minimum absolute atomic E-state index is 0.108. The van der Waals surface area contributed by atoms with Crippen molar-refractivity contribution in [1.29, 1.82) is 0 Å². The molecule has 158 valence electrons. The molecule has 0 spiro atoms. The molecule has 4 heterocycles. The Hall–Kier alpha value is -3.46. The van der Waals surface area contributed by atoms with Crippen molar-refractivity contribution in [3.8, 4) is 5.75 Å². The number of rotatable bonds is 5. The van der Waals surface area contributed by atoms with E-state index >= 15 is 0 Å². The van der Waals surface area contributed by atoms with Crippen LogP contribution in [0.2, 0.25) is 0 Å². The van der Waals surface area contributed by atoms with Crippen LogP contribution in [-0.2, 0) is 4.74 Å². The normalized spacial score (nSPS) is 21.2. The van der Waals surface area contributed by atoms with Crippen molar-refractivity contribution in [3.63, 3.8) is 0 Å². The Bertz CT molecular complexity index is 1220. The number of anilines is 2. The Morgan fingerprint density at radius 3 is 2.77 bits per heavy atom. The standard InChI is InChI=1S/C22H22N6O3/c1-6-30-21-17(1)25-13-26-22(21)27-14-9-16(10-14)31-19-12-15(28-4-7-29-8-5-28)11-18-20(19)24-3-2-23-18/h1-3,6,11-14,16H,4-5,7-10H2,(H,25,26,27)/t14-,16+. The molecule has 0 unspecified atom stereocenters. The van der Waals surface area contributed by atoms with Gasteiger partial charge < -0.3 is 24.1 Å². The van der Waals surface area contributed by atoms with Gasteiger partial charge in [-0.05, 0) is 6.07 Å². The molecule has 2 aliphatic rings. The summed E-state index contributed by atoms with van der Waals surface area (Å²) in [6.07, 6.45) is 8.45. The summed E-state index contributed by atoms with van der Waals surface area (Å²) in [7, 11) is 0. The van der Waals surface area contributed by atoms with E-state index in [4.69, 9.17) is 13.9 Å². The van der Waals surface area contributed by atoms with Crippen LogP contribution in [0.15, 0.2) is 47.6 Å². The largest absolute Gasteiger partial charge is 0.488 e. The molecule has 3 aromatic heterocycles. The van der Waals surface area contributed by atoms with Gasteiger partial charge in [-0.3, -0.25) is 4.98 Å². The molecule has 1 aliphatic carbocycles. The van der Waals surface area contributed by atoms with Crippen LogP contribution in [0.4, 0.5) is 11.5 Å². The summed E-state index contributed by atoms with van der Waals surface area (Å²) < 4.78 is 17.4. The second-order valence-electron chi connectivity index (χ2n) is 7.88. The van der Waals surface area contributed by atoms with Crippen LogP contribution in [0.1, 0.15) is 12.8 Å². The van der Waals surface area contributed by atoms with E-state index in [-0.39, 0.29) is 12.1 Å². The fraction of sp³-hybridized carbons (Fsp3) is 0.364. The van der Waals surface area contributed by atoms with Crippen LogP contribution >= 0.6 is 0 Å². The van der Waals surface area contributed by atoms with Gasteiger partial charge in [0, 0.05) is 62.2 Å². The predicted molar refractivity (Wildman–Crippen MR) is 115 cm³/mol. The number of morpholine rings is 1. The van der Waals surface area contributed by atoms with E-state index in [2.05, 4.69) is 42.3 Å². The van der Waals surface area contributed by atoms with E-state index in [1.807, 2.05) is 6.07 Å². The maximum absolute atomic E-state index is 6.38. The summed E-state index contributed by atoms with van der Waals surface area (Å²) in [6.45, 7) is 3.19. The van der Waals surface area contributed by atoms with Gasteiger partial charge in [-0.2, -0.15) is 0 Å². The average molecular weight is 418 g/mol. The van der Waals surface area contributed by atoms with Gasteiger partial charge in [0.1, 0.15) is 29.2 Å². The third kappa shape index (κ3) is 3.50. The molecule has 1 saturated carbocycles. The molecule has 1 aliphatic heterocycles. The van der Waals surface area contributed by atoms with Gasteiger partial charge in [0.2, 0.25) is 0 Å². The molecule has 31 heavy (non-hydrogen) atoms. The Morgan fingerprint density at radius 2 is 1.87 bits per heavy atom. The van der Waals surface area contributed by atoms with Crippen molar-refractivity contribution in [2.24, 2.45) is 0 Å². The molecular weight excluding hydrogens is 396 g/mol. The molecule has 9 nitrogen and oxygen atoms in total. The van der Waals surface area contributed by atoms with Crippen LogP contribution in [0, 0.1) is 0 Å². The minimum Gasteiger partial charge on any atom is -0.488 e. The lowest BCUT2D eigenvalue weighted by Gasteiger charge is -2.36. The van der Waals surface area contributed by atoms with E-state index in [0.717, 1.165) is 72.9 Å². The van der Waals surface area contributed by atoms with E-state index in [9.17, 15) is 0 Å². The summed E-state index contributed by atoms with van der Waals surface area (Å²) in [5, 5.41) is 3.45. The first-order chi connectivity index (χ1) is 15.3. The van der Waals surface area contributed by atoms with Crippen LogP contribution in [0.5, 0.6) is 5.75 Å². The van der Waals surface area contributed by atoms with Crippen molar-refractivity contribution in [1.82, 2.24) is 19.9 Å². The maximum atomic E-state index is 6.38. The van der Waals surface area contributed by atoms with Crippen LogP contribution in [0.3, 0.4) is 0 Å². The fourth-order valence-electron chi connectivity index (χ4n) is 4.17. The van der Waals surface area contributed by atoms with Gasteiger partial charge in [0.15, 0.2) is 11.4 Å². The average Bonchev–Trinajstić information content (AvgIpc) is 3.28. The zero-order valence-corrected chi connectivity index (χ0v) is 16.9. The number of hydrogen-bond acceptors (Lipinski definition) is 9. The topological polar surface area (TPSA) is 98.4 Å². The molecule has 1 N–H and O–H groups in total. The number of nitrogens with one attached hydrogen (secondary N) is 1. The first-order valence-electron chi connectivity index (χ1n) is 10.5. The van der Waals surface area contributed by atoms with E-state index in [1.165, 1.54) is 0 Å². The first kappa shape index (κ1) is 18.3. The first-order valence-corrected chi connectivity index (χ1v) is 10.5.